The number of anilines is 1. The maximum Gasteiger partial charge on any atom is 0.339 e. The Morgan fingerprint density at radius 2 is 2.10 bits per heavy atom. The fourth-order valence-electron chi connectivity index (χ4n) is 3.05. The van der Waals surface area contributed by atoms with Crippen molar-refractivity contribution in [1.82, 2.24) is 14.8 Å². The quantitative estimate of drug-likeness (QED) is 0.916. The first-order chi connectivity index (χ1) is 9.99. The maximum atomic E-state index is 11.6. The highest BCUT2D eigenvalue weighted by atomic mass is 16.4. The lowest BCUT2D eigenvalue weighted by molar-refractivity contribution is 0.0697. The van der Waals surface area contributed by atoms with Gasteiger partial charge in [-0.15, -0.1) is 0 Å². The van der Waals surface area contributed by atoms with Gasteiger partial charge in [-0.25, -0.2) is 9.78 Å². The minimum atomic E-state index is -0.936. The van der Waals surface area contributed by atoms with Gasteiger partial charge < -0.3 is 10.0 Å². The Labute approximate surface area is 123 Å². The molecule has 6 nitrogen and oxygen atoms in total. The van der Waals surface area contributed by atoms with E-state index in [1.165, 1.54) is 6.20 Å². The summed E-state index contributed by atoms with van der Waals surface area (Å²) in [7, 11) is 1.82. The zero-order valence-corrected chi connectivity index (χ0v) is 12.6. The number of aromatic nitrogens is 3. The molecule has 6 heteroatoms. The lowest BCUT2D eigenvalue weighted by Crippen LogP contribution is -2.39. The summed E-state index contributed by atoms with van der Waals surface area (Å²) in [5, 5.41) is 14.5. The topological polar surface area (TPSA) is 71.2 Å². The first kappa shape index (κ1) is 13.9. The van der Waals surface area contributed by atoms with E-state index in [2.05, 4.69) is 28.8 Å². The molecular weight excluding hydrogens is 268 g/mol. The number of hydrogen-bond donors (Lipinski definition) is 1. The molecule has 0 bridgehead atoms. The van der Waals surface area contributed by atoms with Crippen molar-refractivity contribution < 1.29 is 9.90 Å². The first-order valence-corrected chi connectivity index (χ1v) is 7.28. The molecule has 0 aliphatic carbocycles. The highest BCUT2D eigenvalue weighted by Crippen LogP contribution is 2.34. The van der Waals surface area contributed by atoms with E-state index >= 15 is 0 Å². The van der Waals surface area contributed by atoms with Crippen LogP contribution in [0.25, 0.3) is 11.0 Å². The van der Waals surface area contributed by atoms with E-state index in [4.69, 9.17) is 0 Å². The van der Waals surface area contributed by atoms with Crippen molar-refractivity contribution in [3.8, 4) is 0 Å². The monoisotopic (exact) mass is 288 g/mol. The van der Waals surface area contributed by atoms with Gasteiger partial charge in [0.2, 0.25) is 0 Å². The predicted molar refractivity (Wildman–Crippen MR) is 80.6 cm³/mol. The number of fused-ring (bicyclic) bond motifs is 1. The minimum Gasteiger partial charge on any atom is -0.478 e. The Morgan fingerprint density at radius 1 is 1.33 bits per heavy atom. The van der Waals surface area contributed by atoms with Gasteiger partial charge in [0.15, 0.2) is 5.65 Å². The average Bonchev–Trinajstić information content (AvgIpc) is 2.82. The molecule has 2 aromatic heterocycles. The number of aryl methyl sites for hydroxylation is 1. The smallest absolute Gasteiger partial charge is 0.339 e. The summed E-state index contributed by atoms with van der Waals surface area (Å²) in [6.45, 7) is 6.22. The van der Waals surface area contributed by atoms with E-state index in [9.17, 15) is 9.90 Å². The van der Waals surface area contributed by atoms with E-state index in [0.29, 0.717) is 11.8 Å². The Kier molecular flexibility index (Phi) is 3.31. The van der Waals surface area contributed by atoms with Crippen LogP contribution in [0, 0.1) is 11.8 Å². The number of hydrogen-bond acceptors (Lipinski definition) is 4. The van der Waals surface area contributed by atoms with E-state index in [0.717, 1.165) is 36.2 Å². The summed E-state index contributed by atoms with van der Waals surface area (Å²) in [5.74, 6) is 0.274. The summed E-state index contributed by atoms with van der Waals surface area (Å²) in [4.78, 5) is 18.0. The number of piperidine rings is 1. The van der Waals surface area contributed by atoms with Crippen LogP contribution < -0.4 is 4.90 Å². The fourth-order valence-corrected chi connectivity index (χ4v) is 3.05. The zero-order valence-electron chi connectivity index (χ0n) is 12.6. The molecule has 3 heterocycles. The van der Waals surface area contributed by atoms with Gasteiger partial charge in [-0.3, -0.25) is 4.68 Å². The van der Waals surface area contributed by atoms with Gasteiger partial charge in [-0.1, -0.05) is 13.8 Å². The van der Waals surface area contributed by atoms with E-state index in [1.54, 1.807) is 10.9 Å². The molecule has 1 aliphatic rings. The van der Waals surface area contributed by atoms with Gasteiger partial charge in [0.05, 0.1) is 17.3 Å². The Bertz CT molecular complexity index is 694. The van der Waals surface area contributed by atoms with Gasteiger partial charge >= 0.3 is 5.97 Å². The van der Waals surface area contributed by atoms with E-state index < -0.39 is 5.97 Å². The molecule has 0 saturated carbocycles. The number of carboxylic acid groups (broad SMARTS) is 1. The van der Waals surface area contributed by atoms with Crippen molar-refractivity contribution in [1.29, 1.82) is 0 Å². The minimum absolute atomic E-state index is 0.261. The number of pyridine rings is 1. The molecule has 2 aromatic rings. The molecular formula is C15H20N4O2. The van der Waals surface area contributed by atoms with Crippen LogP contribution >= 0.6 is 0 Å². The molecule has 1 fully saturated rings. The number of carboxylic acids is 1. The predicted octanol–water partition coefficient (Wildman–Crippen LogP) is 2.15. The van der Waals surface area contributed by atoms with Crippen LogP contribution in [-0.2, 0) is 7.05 Å². The van der Waals surface area contributed by atoms with Gasteiger partial charge in [-0.05, 0) is 18.3 Å². The van der Waals surface area contributed by atoms with Crippen LogP contribution in [0.5, 0.6) is 0 Å². The lowest BCUT2D eigenvalue weighted by atomic mass is 9.88. The van der Waals surface area contributed by atoms with Crippen LogP contribution in [0.4, 0.5) is 5.69 Å². The number of nitrogens with zero attached hydrogens (tertiary/aromatic N) is 4. The first-order valence-electron chi connectivity index (χ1n) is 7.28. The molecule has 0 spiro atoms. The van der Waals surface area contributed by atoms with Gasteiger partial charge in [0.25, 0.3) is 0 Å². The summed E-state index contributed by atoms with van der Waals surface area (Å²) in [5.41, 5.74) is 1.75. The largest absolute Gasteiger partial charge is 0.478 e. The number of carbonyl (C=O) groups is 1. The van der Waals surface area contributed by atoms with Crippen LogP contribution in [0.15, 0.2) is 12.4 Å². The zero-order chi connectivity index (χ0) is 15.1. The highest BCUT2D eigenvalue weighted by molar-refractivity contribution is 6.03. The van der Waals surface area contributed by atoms with E-state index in [-0.39, 0.29) is 5.56 Å². The SMILES string of the molecule is CC1CCN(c2c(C(=O)O)cnc3c2cnn3C)CC1C. The van der Waals surface area contributed by atoms with Crippen molar-refractivity contribution in [3.05, 3.63) is 18.0 Å². The van der Waals surface area contributed by atoms with Crippen LogP contribution in [0.1, 0.15) is 30.6 Å². The third-order valence-corrected chi connectivity index (χ3v) is 4.61. The molecule has 0 radical (unpaired) electrons. The molecule has 3 rings (SSSR count). The van der Waals surface area contributed by atoms with E-state index in [1.807, 2.05) is 7.05 Å². The Morgan fingerprint density at radius 3 is 2.76 bits per heavy atom. The standard InChI is InChI=1S/C15H20N4O2/c1-9-4-5-19(8-10(9)2)13-11-7-17-18(3)14(11)16-6-12(13)15(20)21/h6-7,9-10H,4-5,8H2,1-3H3,(H,20,21). The van der Waals surface area contributed by atoms with Crippen molar-refractivity contribution in [2.45, 2.75) is 20.3 Å². The van der Waals surface area contributed by atoms with Crippen LogP contribution in [0.3, 0.4) is 0 Å². The molecule has 1 N–H and O–H groups in total. The molecule has 21 heavy (non-hydrogen) atoms. The summed E-state index contributed by atoms with van der Waals surface area (Å²) in [6.07, 6.45) is 4.24. The maximum absolute atomic E-state index is 11.6. The molecule has 112 valence electrons. The highest BCUT2D eigenvalue weighted by Gasteiger charge is 2.28. The second-order valence-electron chi connectivity index (χ2n) is 6.02. The second kappa shape index (κ2) is 5.02. The molecule has 1 aliphatic heterocycles. The lowest BCUT2D eigenvalue weighted by Gasteiger charge is -2.37. The van der Waals surface area contributed by atoms with Crippen LogP contribution in [-0.4, -0.2) is 38.9 Å². The third-order valence-electron chi connectivity index (χ3n) is 4.61. The van der Waals surface area contributed by atoms with Gasteiger partial charge in [0, 0.05) is 26.3 Å². The third kappa shape index (κ3) is 2.24. The Hall–Kier alpha value is -2.11. The second-order valence-corrected chi connectivity index (χ2v) is 6.02. The van der Waals surface area contributed by atoms with Crippen molar-refractivity contribution in [3.63, 3.8) is 0 Å². The molecule has 1 saturated heterocycles. The fraction of sp³-hybridized carbons (Fsp3) is 0.533. The molecule has 2 unspecified atom stereocenters. The van der Waals surface area contributed by atoms with Gasteiger partial charge in [-0.2, -0.15) is 5.10 Å². The van der Waals surface area contributed by atoms with Crippen molar-refractivity contribution >= 4 is 22.7 Å². The Balaban J connectivity index is 2.14. The van der Waals surface area contributed by atoms with Gasteiger partial charge in [0.1, 0.15) is 5.56 Å². The number of aromatic carboxylic acids is 1. The molecule has 0 aromatic carbocycles. The summed E-state index contributed by atoms with van der Waals surface area (Å²) >= 11 is 0. The van der Waals surface area contributed by atoms with Crippen molar-refractivity contribution in [2.24, 2.45) is 18.9 Å². The average molecular weight is 288 g/mol. The van der Waals surface area contributed by atoms with Crippen LogP contribution in [0.2, 0.25) is 0 Å². The molecule has 2 atom stereocenters. The summed E-state index contributed by atoms with van der Waals surface area (Å²) in [6, 6.07) is 0. The molecule has 0 amide bonds. The van der Waals surface area contributed by atoms with Crippen molar-refractivity contribution in [2.75, 3.05) is 18.0 Å². The number of rotatable bonds is 2. The normalized spacial score (nSPS) is 22.7. The summed E-state index contributed by atoms with van der Waals surface area (Å²) < 4.78 is 1.68.